The largest absolute Gasteiger partial charge is 0.326 e. The number of aromatic nitrogens is 5. The smallest absolute Gasteiger partial charge is 0.306 e. The van der Waals surface area contributed by atoms with Gasteiger partial charge in [-0.2, -0.15) is 5.10 Å². The van der Waals surface area contributed by atoms with Crippen molar-refractivity contribution in [2.75, 3.05) is 20.1 Å². The van der Waals surface area contributed by atoms with Gasteiger partial charge in [0.25, 0.3) is 0 Å². The molecule has 0 saturated carbocycles. The van der Waals surface area contributed by atoms with Gasteiger partial charge in [-0.05, 0) is 81.7 Å². The molecule has 144 valence electrons. The number of rotatable bonds is 2. The maximum absolute atomic E-state index is 12.8. The SMILES string of the molecule is Cc1cc(-c2cc(C)c3ncnn3c2)cc2[nH]c(=O)n(C3CCN(C)CC3)c12. The van der Waals surface area contributed by atoms with Crippen molar-refractivity contribution in [3.05, 3.63) is 52.3 Å². The fraction of sp³-hybridized carbons (Fsp3) is 0.381. The van der Waals surface area contributed by atoms with E-state index in [-0.39, 0.29) is 11.7 Å². The van der Waals surface area contributed by atoms with Crippen molar-refractivity contribution in [2.45, 2.75) is 32.7 Å². The molecular formula is C21H24N6O. The van der Waals surface area contributed by atoms with Crippen LogP contribution in [0.4, 0.5) is 0 Å². The minimum atomic E-state index is -0.00675. The number of hydrogen-bond acceptors (Lipinski definition) is 4. The molecule has 1 aliphatic heterocycles. The fourth-order valence-corrected chi connectivity index (χ4v) is 4.49. The van der Waals surface area contributed by atoms with Crippen LogP contribution in [0.1, 0.15) is 30.0 Å². The minimum absolute atomic E-state index is 0.00675. The molecular weight excluding hydrogens is 352 g/mol. The second-order valence-electron chi connectivity index (χ2n) is 7.96. The first-order valence-electron chi connectivity index (χ1n) is 9.75. The lowest BCUT2D eigenvalue weighted by molar-refractivity contribution is 0.221. The molecule has 7 nitrogen and oxygen atoms in total. The van der Waals surface area contributed by atoms with Crippen molar-refractivity contribution in [3.8, 4) is 11.1 Å². The van der Waals surface area contributed by atoms with Crippen LogP contribution in [0.15, 0.2) is 35.5 Å². The van der Waals surface area contributed by atoms with Crippen LogP contribution in [0.2, 0.25) is 0 Å². The molecule has 1 aliphatic rings. The fourth-order valence-electron chi connectivity index (χ4n) is 4.49. The van der Waals surface area contributed by atoms with Gasteiger partial charge in [0.05, 0.1) is 11.0 Å². The summed E-state index contributed by atoms with van der Waals surface area (Å²) in [6, 6.07) is 6.62. The van der Waals surface area contributed by atoms with Crippen molar-refractivity contribution in [2.24, 2.45) is 0 Å². The minimum Gasteiger partial charge on any atom is -0.306 e. The zero-order valence-corrected chi connectivity index (χ0v) is 16.4. The first kappa shape index (κ1) is 17.2. The number of benzene rings is 1. The quantitative estimate of drug-likeness (QED) is 0.584. The van der Waals surface area contributed by atoms with Crippen molar-refractivity contribution in [1.82, 2.24) is 29.0 Å². The van der Waals surface area contributed by atoms with E-state index in [4.69, 9.17) is 0 Å². The summed E-state index contributed by atoms with van der Waals surface area (Å²) in [6.45, 7) is 6.18. The average Bonchev–Trinajstić information content (AvgIpc) is 3.26. The van der Waals surface area contributed by atoms with Crippen LogP contribution in [0.25, 0.3) is 27.8 Å². The van der Waals surface area contributed by atoms with Crippen LogP contribution in [-0.2, 0) is 0 Å². The highest BCUT2D eigenvalue weighted by Crippen LogP contribution is 2.30. The summed E-state index contributed by atoms with van der Waals surface area (Å²) in [5, 5.41) is 4.28. The third kappa shape index (κ3) is 2.65. The third-order valence-corrected chi connectivity index (χ3v) is 5.95. The van der Waals surface area contributed by atoms with E-state index in [1.165, 1.54) is 0 Å². The summed E-state index contributed by atoms with van der Waals surface area (Å²) in [6.07, 6.45) is 5.57. The van der Waals surface area contributed by atoms with Gasteiger partial charge < -0.3 is 9.88 Å². The van der Waals surface area contributed by atoms with E-state index in [9.17, 15) is 4.79 Å². The van der Waals surface area contributed by atoms with Crippen LogP contribution in [0.5, 0.6) is 0 Å². The van der Waals surface area contributed by atoms with Crippen molar-refractivity contribution in [3.63, 3.8) is 0 Å². The Kier molecular flexibility index (Phi) is 3.87. The van der Waals surface area contributed by atoms with Gasteiger partial charge in [0.1, 0.15) is 6.33 Å². The molecule has 0 bridgehead atoms. The molecule has 0 amide bonds. The van der Waals surface area contributed by atoms with Gasteiger partial charge in [-0.15, -0.1) is 0 Å². The Morgan fingerprint density at radius 3 is 2.61 bits per heavy atom. The molecule has 5 rings (SSSR count). The highest BCUT2D eigenvalue weighted by atomic mass is 16.1. The number of nitrogens with zero attached hydrogens (tertiary/aromatic N) is 5. The van der Waals surface area contributed by atoms with E-state index in [0.29, 0.717) is 0 Å². The molecule has 0 atom stereocenters. The zero-order valence-electron chi connectivity index (χ0n) is 16.4. The summed E-state index contributed by atoms with van der Waals surface area (Å²) in [4.78, 5) is 22.5. The van der Waals surface area contributed by atoms with Gasteiger partial charge in [-0.1, -0.05) is 0 Å². The second-order valence-corrected chi connectivity index (χ2v) is 7.96. The molecule has 0 radical (unpaired) electrons. The van der Waals surface area contributed by atoms with Crippen molar-refractivity contribution in [1.29, 1.82) is 0 Å². The summed E-state index contributed by atoms with van der Waals surface area (Å²) in [5.74, 6) is 0. The number of H-pyrrole nitrogens is 1. The second kappa shape index (κ2) is 6.31. The van der Waals surface area contributed by atoms with Gasteiger partial charge in [0.2, 0.25) is 0 Å². The number of piperidine rings is 1. The van der Waals surface area contributed by atoms with E-state index in [1.807, 2.05) is 17.7 Å². The number of pyridine rings is 1. The number of fused-ring (bicyclic) bond motifs is 2. The van der Waals surface area contributed by atoms with Gasteiger partial charge >= 0.3 is 5.69 Å². The summed E-state index contributed by atoms with van der Waals surface area (Å²) < 4.78 is 3.78. The molecule has 7 heteroatoms. The van der Waals surface area contributed by atoms with Gasteiger partial charge in [0, 0.05) is 17.8 Å². The van der Waals surface area contributed by atoms with E-state index >= 15 is 0 Å². The molecule has 4 aromatic rings. The van der Waals surface area contributed by atoms with Crippen LogP contribution in [-0.4, -0.2) is 49.2 Å². The first-order valence-corrected chi connectivity index (χ1v) is 9.75. The molecule has 28 heavy (non-hydrogen) atoms. The number of aryl methyl sites for hydroxylation is 2. The Labute approximate surface area is 162 Å². The molecule has 0 aliphatic carbocycles. The van der Waals surface area contributed by atoms with Gasteiger partial charge in [-0.25, -0.2) is 14.3 Å². The van der Waals surface area contributed by atoms with Gasteiger partial charge in [0.15, 0.2) is 5.65 Å². The number of imidazole rings is 1. The number of aromatic amines is 1. The van der Waals surface area contributed by atoms with Crippen LogP contribution in [0, 0.1) is 13.8 Å². The molecule has 1 aromatic carbocycles. The standard InChI is InChI=1S/C21H24N6O/c1-13-8-15(16-9-14(2)20-22-12-23-26(20)11-16)10-18-19(13)27(21(28)24-18)17-4-6-25(3)7-5-17/h8-12,17H,4-7H2,1-3H3,(H,24,28). The number of likely N-dealkylation sites (tertiary alicyclic amines) is 1. The van der Waals surface area contributed by atoms with E-state index < -0.39 is 0 Å². The molecule has 0 unspecified atom stereocenters. The lowest BCUT2D eigenvalue weighted by Crippen LogP contribution is -2.34. The Balaban J connectivity index is 1.64. The van der Waals surface area contributed by atoms with Crippen LogP contribution >= 0.6 is 0 Å². The van der Waals surface area contributed by atoms with Crippen LogP contribution < -0.4 is 5.69 Å². The summed E-state index contributed by atoms with van der Waals surface area (Å²) in [5.41, 5.74) is 7.11. The van der Waals surface area contributed by atoms with E-state index in [2.05, 4.69) is 52.1 Å². The first-order chi connectivity index (χ1) is 13.5. The predicted molar refractivity (Wildman–Crippen MR) is 110 cm³/mol. The topological polar surface area (TPSA) is 71.2 Å². The lowest BCUT2D eigenvalue weighted by Gasteiger charge is -2.29. The monoisotopic (exact) mass is 376 g/mol. The predicted octanol–water partition coefficient (Wildman–Crippen LogP) is 2.92. The summed E-state index contributed by atoms with van der Waals surface area (Å²) in [7, 11) is 2.14. The molecule has 3 aromatic heterocycles. The average molecular weight is 376 g/mol. The Bertz CT molecular complexity index is 1240. The molecule has 0 spiro atoms. The molecule has 1 saturated heterocycles. The summed E-state index contributed by atoms with van der Waals surface area (Å²) >= 11 is 0. The zero-order chi connectivity index (χ0) is 19.4. The Morgan fingerprint density at radius 2 is 1.82 bits per heavy atom. The maximum atomic E-state index is 12.8. The molecule has 1 fully saturated rings. The Morgan fingerprint density at radius 1 is 1.07 bits per heavy atom. The highest BCUT2D eigenvalue weighted by Gasteiger charge is 2.23. The molecule has 1 N–H and O–H groups in total. The number of hydrogen-bond donors (Lipinski definition) is 1. The molecule has 4 heterocycles. The van der Waals surface area contributed by atoms with Gasteiger partial charge in [-0.3, -0.25) is 4.57 Å². The highest BCUT2D eigenvalue weighted by molar-refractivity contribution is 5.85. The Hall–Kier alpha value is -2.93. The normalized spacial score (nSPS) is 16.4. The maximum Gasteiger partial charge on any atom is 0.326 e. The lowest BCUT2D eigenvalue weighted by atomic mass is 10.0. The van der Waals surface area contributed by atoms with Crippen LogP contribution in [0.3, 0.4) is 0 Å². The van der Waals surface area contributed by atoms with E-state index in [0.717, 1.165) is 64.9 Å². The van der Waals surface area contributed by atoms with Crippen molar-refractivity contribution >= 4 is 16.7 Å². The third-order valence-electron chi connectivity index (χ3n) is 5.95. The van der Waals surface area contributed by atoms with E-state index in [1.54, 1.807) is 10.8 Å². The van der Waals surface area contributed by atoms with Crippen molar-refractivity contribution < 1.29 is 0 Å². The number of nitrogens with one attached hydrogen (secondary N) is 1.